The van der Waals surface area contributed by atoms with E-state index >= 15 is 0 Å². The molecule has 2 aromatic rings. The quantitative estimate of drug-likeness (QED) is 0.560. The van der Waals surface area contributed by atoms with Gasteiger partial charge in [-0.25, -0.2) is 4.39 Å². The largest absolute Gasteiger partial charge is 0.484 e. The number of carbonyl (C=O) groups excluding carboxylic acids is 2. The lowest BCUT2D eigenvalue weighted by atomic mass is 10.1. The fourth-order valence-corrected chi connectivity index (χ4v) is 2.98. The van der Waals surface area contributed by atoms with E-state index in [0.717, 1.165) is 18.4 Å². The Morgan fingerprint density at radius 1 is 1.23 bits per heavy atom. The second-order valence-electron chi connectivity index (χ2n) is 7.13. The number of unbranched alkanes of at least 4 members (excludes halogenated alkanes) is 1. The highest BCUT2D eigenvalue weighted by atomic mass is 35.5. The Hall–Kier alpha value is -2.60. The minimum atomic E-state index is -0.774. The molecular weight excluding hydrogens is 407 g/mol. The summed E-state index contributed by atoms with van der Waals surface area (Å²) in [5.74, 6) is -0.626. The first-order chi connectivity index (χ1) is 14.3. The standard InChI is InChI=1S/C23H28ClFN2O3/c1-4-5-12-26-23(29)17(3)27(14-18-8-6-7-9-21(18)25)22(28)15-30-19-10-11-20(24)16(2)13-19/h6-11,13,17H,4-5,12,14-15H2,1-3H3,(H,26,29)/t17-/m0/s1. The molecule has 162 valence electrons. The number of hydrogen-bond acceptors (Lipinski definition) is 3. The van der Waals surface area contributed by atoms with Gasteiger partial charge in [-0.1, -0.05) is 43.1 Å². The first-order valence-corrected chi connectivity index (χ1v) is 10.4. The van der Waals surface area contributed by atoms with Crippen LogP contribution in [0.1, 0.15) is 37.8 Å². The van der Waals surface area contributed by atoms with Gasteiger partial charge in [0.25, 0.3) is 5.91 Å². The number of amides is 2. The van der Waals surface area contributed by atoms with E-state index in [9.17, 15) is 14.0 Å². The molecule has 2 rings (SSSR count). The lowest BCUT2D eigenvalue weighted by Crippen LogP contribution is -2.49. The third-order valence-electron chi connectivity index (χ3n) is 4.79. The predicted molar refractivity (Wildman–Crippen MR) is 116 cm³/mol. The van der Waals surface area contributed by atoms with Gasteiger partial charge in [0.2, 0.25) is 5.91 Å². The third kappa shape index (κ3) is 6.73. The highest BCUT2D eigenvalue weighted by Crippen LogP contribution is 2.21. The van der Waals surface area contributed by atoms with Crippen molar-refractivity contribution in [1.29, 1.82) is 0 Å². The zero-order valence-corrected chi connectivity index (χ0v) is 18.3. The van der Waals surface area contributed by atoms with E-state index in [1.54, 1.807) is 43.3 Å². The van der Waals surface area contributed by atoms with E-state index in [2.05, 4.69) is 5.32 Å². The number of nitrogens with one attached hydrogen (secondary N) is 1. The van der Waals surface area contributed by atoms with Crippen LogP contribution in [-0.4, -0.2) is 35.9 Å². The van der Waals surface area contributed by atoms with E-state index in [0.29, 0.717) is 22.9 Å². The molecule has 0 fully saturated rings. The molecule has 0 spiro atoms. The Labute approximate surface area is 182 Å². The van der Waals surface area contributed by atoms with E-state index in [4.69, 9.17) is 16.3 Å². The molecule has 5 nitrogen and oxygen atoms in total. The van der Waals surface area contributed by atoms with Crippen LogP contribution in [0.2, 0.25) is 5.02 Å². The lowest BCUT2D eigenvalue weighted by molar-refractivity contribution is -0.142. The molecule has 1 atom stereocenters. The summed E-state index contributed by atoms with van der Waals surface area (Å²) in [6.07, 6.45) is 1.79. The van der Waals surface area contributed by atoms with Gasteiger partial charge in [0.1, 0.15) is 17.6 Å². The number of ether oxygens (including phenoxy) is 1. The van der Waals surface area contributed by atoms with Crippen LogP contribution in [0, 0.1) is 12.7 Å². The van der Waals surface area contributed by atoms with Crippen LogP contribution in [0.15, 0.2) is 42.5 Å². The number of aryl methyl sites for hydroxylation is 1. The van der Waals surface area contributed by atoms with Crippen LogP contribution in [0.5, 0.6) is 5.75 Å². The summed E-state index contributed by atoms with van der Waals surface area (Å²) < 4.78 is 19.8. The molecular formula is C23H28ClFN2O3. The summed E-state index contributed by atoms with van der Waals surface area (Å²) in [5.41, 5.74) is 1.16. The summed E-state index contributed by atoms with van der Waals surface area (Å²) in [6, 6.07) is 10.5. The second-order valence-corrected chi connectivity index (χ2v) is 7.54. The SMILES string of the molecule is CCCCNC(=O)[C@H](C)N(Cc1ccccc1F)C(=O)COc1ccc(Cl)c(C)c1. The van der Waals surface area contributed by atoms with Crippen molar-refractivity contribution in [3.63, 3.8) is 0 Å². The Bertz CT molecular complexity index is 875. The van der Waals surface area contributed by atoms with E-state index in [-0.39, 0.29) is 19.1 Å². The second kappa shape index (κ2) is 11.6. The van der Waals surface area contributed by atoms with E-state index < -0.39 is 17.8 Å². The van der Waals surface area contributed by atoms with Crippen LogP contribution in [0.3, 0.4) is 0 Å². The molecule has 0 bridgehead atoms. The number of carbonyl (C=O) groups is 2. The number of rotatable bonds is 10. The highest BCUT2D eigenvalue weighted by molar-refractivity contribution is 6.31. The molecule has 0 aliphatic carbocycles. The zero-order chi connectivity index (χ0) is 22.1. The fourth-order valence-electron chi connectivity index (χ4n) is 2.86. The molecule has 30 heavy (non-hydrogen) atoms. The van der Waals surface area contributed by atoms with Crippen LogP contribution < -0.4 is 10.1 Å². The average Bonchev–Trinajstić information content (AvgIpc) is 2.73. The highest BCUT2D eigenvalue weighted by Gasteiger charge is 2.27. The van der Waals surface area contributed by atoms with E-state index in [1.807, 2.05) is 13.8 Å². The lowest BCUT2D eigenvalue weighted by Gasteiger charge is -2.29. The van der Waals surface area contributed by atoms with Crippen molar-refractivity contribution < 1.29 is 18.7 Å². The van der Waals surface area contributed by atoms with Crippen LogP contribution in [-0.2, 0) is 16.1 Å². The molecule has 2 amide bonds. The van der Waals surface area contributed by atoms with E-state index in [1.165, 1.54) is 11.0 Å². The van der Waals surface area contributed by atoms with Gasteiger partial charge < -0.3 is 15.0 Å². The average molecular weight is 435 g/mol. The summed E-state index contributed by atoms with van der Waals surface area (Å²) >= 11 is 6.02. The van der Waals surface area contributed by atoms with Gasteiger partial charge in [0.15, 0.2) is 6.61 Å². The molecule has 0 saturated carbocycles. The van der Waals surface area contributed by atoms with Crippen molar-refractivity contribution >= 4 is 23.4 Å². The van der Waals surface area contributed by atoms with Crippen molar-refractivity contribution in [2.45, 2.75) is 46.2 Å². The molecule has 7 heteroatoms. The van der Waals surface area contributed by atoms with Crippen LogP contribution >= 0.6 is 11.6 Å². The first kappa shape index (κ1) is 23.7. The monoisotopic (exact) mass is 434 g/mol. The number of halogens is 2. The molecule has 0 unspecified atom stereocenters. The van der Waals surface area contributed by atoms with Crippen LogP contribution in [0.4, 0.5) is 4.39 Å². The topological polar surface area (TPSA) is 58.6 Å². The first-order valence-electron chi connectivity index (χ1n) is 10.0. The number of hydrogen-bond donors (Lipinski definition) is 1. The van der Waals surface area contributed by atoms with Gasteiger partial charge in [-0.05, 0) is 50.1 Å². The minimum absolute atomic E-state index is 0.0309. The maximum Gasteiger partial charge on any atom is 0.261 e. The maximum absolute atomic E-state index is 14.2. The van der Waals surface area contributed by atoms with Crippen LogP contribution in [0.25, 0.3) is 0 Å². The van der Waals surface area contributed by atoms with Crippen molar-refractivity contribution in [3.05, 3.63) is 64.4 Å². The van der Waals surface area contributed by atoms with Gasteiger partial charge in [-0.3, -0.25) is 9.59 Å². The third-order valence-corrected chi connectivity index (χ3v) is 5.21. The number of benzene rings is 2. The Kier molecular flexibility index (Phi) is 9.12. The minimum Gasteiger partial charge on any atom is -0.484 e. The molecule has 0 aromatic heterocycles. The van der Waals surface area contributed by atoms with Gasteiger partial charge in [-0.2, -0.15) is 0 Å². The summed E-state index contributed by atoms with van der Waals surface area (Å²) in [5, 5.41) is 3.43. The smallest absolute Gasteiger partial charge is 0.261 e. The Balaban J connectivity index is 2.14. The zero-order valence-electron chi connectivity index (χ0n) is 17.6. The molecule has 0 radical (unpaired) electrons. The molecule has 2 aromatic carbocycles. The van der Waals surface area contributed by atoms with Crippen molar-refractivity contribution in [3.8, 4) is 5.75 Å². The maximum atomic E-state index is 14.2. The molecule has 1 N–H and O–H groups in total. The van der Waals surface area contributed by atoms with Crippen molar-refractivity contribution in [2.24, 2.45) is 0 Å². The molecule has 0 heterocycles. The fraction of sp³-hybridized carbons (Fsp3) is 0.391. The molecule has 0 saturated heterocycles. The van der Waals surface area contributed by atoms with Gasteiger partial charge in [0, 0.05) is 23.7 Å². The summed E-state index contributed by atoms with van der Waals surface area (Å²) in [6.45, 7) is 5.72. The Morgan fingerprint density at radius 3 is 2.63 bits per heavy atom. The van der Waals surface area contributed by atoms with Gasteiger partial charge >= 0.3 is 0 Å². The van der Waals surface area contributed by atoms with Crippen molar-refractivity contribution in [2.75, 3.05) is 13.2 Å². The molecule has 0 aliphatic rings. The number of nitrogens with zero attached hydrogens (tertiary/aromatic N) is 1. The Morgan fingerprint density at radius 2 is 1.97 bits per heavy atom. The normalized spacial score (nSPS) is 11.6. The summed E-state index contributed by atoms with van der Waals surface area (Å²) in [4.78, 5) is 26.8. The summed E-state index contributed by atoms with van der Waals surface area (Å²) in [7, 11) is 0. The van der Waals surface area contributed by atoms with Gasteiger partial charge in [-0.15, -0.1) is 0 Å². The predicted octanol–water partition coefficient (Wildman–Crippen LogP) is 4.50. The molecule has 0 aliphatic heterocycles. The van der Waals surface area contributed by atoms with Gasteiger partial charge in [0.05, 0.1) is 0 Å². The van der Waals surface area contributed by atoms with Crippen molar-refractivity contribution in [1.82, 2.24) is 10.2 Å².